The molecular weight excluding hydrogens is 234 g/mol. The monoisotopic (exact) mass is 252 g/mol. The van der Waals surface area contributed by atoms with Gasteiger partial charge >= 0.3 is 0 Å². The van der Waals surface area contributed by atoms with Gasteiger partial charge in [-0.3, -0.25) is 0 Å². The molecule has 0 aromatic rings. The molecule has 2 aliphatic heterocycles. The fourth-order valence-corrected chi connectivity index (χ4v) is 3.59. The van der Waals surface area contributed by atoms with Crippen LogP contribution in [0.2, 0.25) is 0 Å². The second-order valence-corrected chi connectivity index (χ2v) is 6.82. The van der Waals surface area contributed by atoms with Crippen LogP contribution in [0.4, 0.5) is 0 Å². The molecule has 88 valence electrons. The second-order valence-electron chi connectivity index (χ2n) is 4.03. The minimum atomic E-state index is -0.608. The first-order valence-corrected chi connectivity index (χ1v) is 8.48. The molecule has 0 atom stereocenters. The molecule has 0 aromatic carbocycles. The summed E-state index contributed by atoms with van der Waals surface area (Å²) >= 11 is 0. The molecule has 0 bridgehead atoms. The van der Waals surface area contributed by atoms with Crippen molar-refractivity contribution in [3.8, 4) is 0 Å². The van der Waals surface area contributed by atoms with Crippen LogP contribution in [0.25, 0.3) is 0 Å². The van der Waals surface area contributed by atoms with E-state index in [0.717, 1.165) is 32.8 Å². The van der Waals surface area contributed by atoms with Gasteiger partial charge in [-0.25, -0.2) is 0 Å². The van der Waals surface area contributed by atoms with Crippen LogP contribution < -0.4 is 0 Å². The zero-order valence-electron chi connectivity index (χ0n) is 9.22. The molecule has 0 spiro atoms. The lowest BCUT2D eigenvalue weighted by Gasteiger charge is -2.32. The Labute approximate surface area is 93.4 Å². The highest BCUT2D eigenvalue weighted by Gasteiger charge is 2.26. The van der Waals surface area contributed by atoms with E-state index >= 15 is 0 Å². The topological polar surface area (TPSA) is 36.9 Å². The second kappa shape index (κ2) is 5.86. The van der Waals surface area contributed by atoms with E-state index in [-0.39, 0.29) is 0 Å². The van der Waals surface area contributed by atoms with Gasteiger partial charge in [0.25, 0.3) is 0 Å². The lowest BCUT2D eigenvalue weighted by atomic mass is 9.97. The Bertz CT molecular complexity index is 169. The summed E-state index contributed by atoms with van der Waals surface area (Å²) < 4.78 is 22.1. The van der Waals surface area contributed by atoms with Crippen molar-refractivity contribution in [2.75, 3.05) is 39.8 Å². The molecule has 2 fully saturated rings. The smallest absolute Gasteiger partial charge is 0.167 e. The van der Waals surface area contributed by atoms with Gasteiger partial charge in [-0.05, 0) is 6.42 Å². The lowest BCUT2D eigenvalue weighted by Crippen LogP contribution is -2.27. The number of rotatable bonds is 2. The van der Waals surface area contributed by atoms with Crippen LogP contribution in [0.5, 0.6) is 0 Å². The zero-order valence-corrected chi connectivity index (χ0v) is 11.0. The molecule has 0 amide bonds. The lowest BCUT2D eigenvalue weighted by molar-refractivity contribution is 0.0640. The van der Waals surface area contributed by atoms with E-state index in [9.17, 15) is 0 Å². The standard InChI is InChI=1S/C9H18O4P2/c1-14-10-4-8(5-11-14)3-9-6-12-15(2)13-7-9/h8-9H,3-7H2,1-2H3. The molecule has 0 unspecified atom stereocenters. The predicted octanol–water partition coefficient (Wildman–Crippen LogP) is 2.59. The van der Waals surface area contributed by atoms with Gasteiger partial charge in [0.15, 0.2) is 16.8 Å². The van der Waals surface area contributed by atoms with Crippen molar-refractivity contribution >= 4 is 16.8 Å². The Balaban J connectivity index is 1.68. The van der Waals surface area contributed by atoms with Crippen LogP contribution in [0.3, 0.4) is 0 Å². The summed E-state index contributed by atoms with van der Waals surface area (Å²) in [5.74, 6) is 1.03. The molecular formula is C9H18O4P2. The van der Waals surface area contributed by atoms with Gasteiger partial charge in [0.05, 0.1) is 26.4 Å². The Morgan fingerprint density at radius 3 is 1.47 bits per heavy atom. The summed E-state index contributed by atoms with van der Waals surface area (Å²) in [6.07, 6.45) is 1.09. The van der Waals surface area contributed by atoms with Crippen molar-refractivity contribution in [3.05, 3.63) is 0 Å². The maximum atomic E-state index is 5.52. The molecule has 0 aromatic heterocycles. The molecule has 0 radical (unpaired) electrons. The van der Waals surface area contributed by atoms with Crippen molar-refractivity contribution in [3.63, 3.8) is 0 Å². The Kier molecular flexibility index (Phi) is 4.75. The number of hydrogen-bond acceptors (Lipinski definition) is 4. The first-order valence-electron chi connectivity index (χ1n) is 5.23. The van der Waals surface area contributed by atoms with E-state index in [2.05, 4.69) is 0 Å². The highest BCUT2D eigenvalue weighted by molar-refractivity contribution is 7.46. The van der Waals surface area contributed by atoms with Gasteiger partial charge in [-0.15, -0.1) is 0 Å². The average Bonchev–Trinajstić information content (AvgIpc) is 2.25. The van der Waals surface area contributed by atoms with E-state index in [0.29, 0.717) is 11.8 Å². The van der Waals surface area contributed by atoms with Crippen molar-refractivity contribution in [1.29, 1.82) is 0 Å². The molecule has 0 aliphatic carbocycles. The van der Waals surface area contributed by atoms with E-state index in [4.69, 9.17) is 18.1 Å². The maximum Gasteiger partial charge on any atom is 0.167 e. The van der Waals surface area contributed by atoms with Crippen LogP contribution in [0.1, 0.15) is 6.42 Å². The van der Waals surface area contributed by atoms with Crippen LogP contribution in [-0.4, -0.2) is 39.8 Å². The van der Waals surface area contributed by atoms with E-state index in [1.54, 1.807) is 0 Å². The van der Waals surface area contributed by atoms with Crippen molar-refractivity contribution in [1.82, 2.24) is 0 Å². The Morgan fingerprint density at radius 1 is 0.800 bits per heavy atom. The summed E-state index contributed by atoms with van der Waals surface area (Å²) in [6.45, 7) is 7.34. The fourth-order valence-electron chi connectivity index (χ4n) is 1.76. The van der Waals surface area contributed by atoms with E-state index in [1.165, 1.54) is 0 Å². The van der Waals surface area contributed by atoms with Crippen molar-refractivity contribution in [2.45, 2.75) is 6.42 Å². The third-order valence-corrected chi connectivity index (χ3v) is 4.69. The Morgan fingerprint density at radius 2 is 1.13 bits per heavy atom. The summed E-state index contributed by atoms with van der Waals surface area (Å²) in [7, 11) is -1.22. The largest absolute Gasteiger partial charge is 0.334 e. The van der Waals surface area contributed by atoms with Crippen molar-refractivity contribution in [2.24, 2.45) is 11.8 Å². The molecule has 2 aliphatic rings. The van der Waals surface area contributed by atoms with Crippen LogP contribution >= 0.6 is 16.8 Å². The summed E-state index contributed by atoms with van der Waals surface area (Å²) in [5.41, 5.74) is 0. The summed E-state index contributed by atoms with van der Waals surface area (Å²) in [6, 6.07) is 0. The van der Waals surface area contributed by atoms with Crippen LogP contribution in [-0.2, 0) is 18.1 Å². The summed E-state index contributed by atoms with van der Waals surface area (Å²) in [5, 5.41) is 0. The molecule has 4 nitrogen and oxygen atoms in total. The molecule has 0 N–H and O–H groups in total. The van der Waals surface area contributed by atoms with Gasteiger partial charge in [-0.1, -0.05) is 0 Å². The highest BCUT2D eigenvalue weighted by atomic mass is 31.2. The fraction of sp³-hybridized carbons (Fsp3) is 1.00. The number of hydrogen-bond donors (Lipinski definition) is 0. The molecule has 6 heteroatoms. The van der Waals surface area contributed by atoms with Crippen LogP contribution in [0.15, 0.2) is 0 Å². The van der Waals surface area contributed by atoms with Crippen LogP contribution in [0, 0.1) is 11.8 Å². The van der Waals surface area contributed by atoms with E-state index < -0.39 is 16.8 Å². The average molecular weight is 252 g/mol. The van der Waals surface area contributed by atoms with Gasteiger partial charge in [-0.2, -0.15) is 0 Å². The first-order chi connectivity index (χ1) is 7.24. The molecule has 2 rings (SSSR count). The van der Waals surface area contributed by atoms with Gasteiger partial charge in [0.2, 0.25) is 0 Å². The van der Waals surface area contributed by atoms with Gasteiger partial charge in [0.1, 0.15) is 0 Å². The van der Waals surface area contributed by atoms with Crippen molar-refractivity contribution < 1.29 is 18.1 Å². The zero-order chi connectivity index (χ0) is 10.7. The minimum Gasteiger partial charge on any atom is -0.334 e. The normalized spacial score (nSPS) is 42.8. The highest BCUT2D eigenvalue weighted by Crippen LogP contribution is 2.42. The first kappa shape index (κ1) is 12.2. The summed E-state index contributed by atoms with van der Waals surface area (Å²) in [4.78, 5) is 0. The molecule has 2 heterocycles. The molecule has 2 saturated heterocycles. The Hall–Kier alpha value is 0.700. The third-order valence-electron chi connectivity index (χ3n) is 2.63. The third kappa shape index (κ3) is 3.89. The SMILES string of the molecule is CP1OCC(CC2COP(C)OC2)CO1. The van der Waals surface area contributed by atoms with Gasteiger partial charge in [0, 0.05) is 25.2 Å². The predicted molar refractivity (Wildman–Crippen MR) is 61.1 cm³/mol. The maximum absolute atomic E-state index is 5.52. The quantitative estimate of drug-likeness (QED) is 0.708. The molecule has 0 saturated carbocycles. The molecule has 15 heavy (non-hydrogen) atoms. The van der Waals surface area contributed by atoms with E-state index in [1.807, 2.05) is 13.3 Å². The van der Waals surface area contributed by atoms with Gasteiger partial charge < -0.3 is 18.1 Å². The minimum absolute atomic E-state index is 0.516.